The van der Waals surface area contributed by atoms with Crippen LogP contribution in [0.4, 0.5) is 0 Å². The Labute approximate surface area is 258 Å². The lowest BCUT2D eigenvalue weighted by molar-refractivity contribution is -0.141. The largest absolute Gasteiger partial charge is 0.465 e. The Hall–Kier alpha value is -0.110. The van der Waals surface area contributed by atoms with Gasteiger partial charge in [0.15, 0.2) is 0 Å². The summed E-state index contributed by atoms with van der Waals surface area (Å²) in [6.45, 7) is 7.97. The van der Waals surface area contributed by atoms with Crippen molar-refractivity contribution in [3.05, 3.63) is 0 Å². The van der Waals surface area contributed by atoms with Crippen LogP contribution < -0.4 is 0 Å². The van der Waals surface area contributed by atoms with E-state index in [-0.39, 0.29) is 35.2 Å². The summed E-state index contributed by atoms with van der Waals surface area (Å²) in [6.07, 6.45) is 20.6. The van der Waals surface area contributed by atoms with Crippen LogP contribution in [0, 0.1) is 0 Å². The lowest BCUT2D eigenvalue weighted by atomic mass is 10.1. The van der Waals surface area contributed by atoms with E-state index < -0.39 is 5.53 Å². The third kappa shape index (κ3) is 29.4. The van der Waals surface area contributed by atoms with Crippen LogP contribution in [0.15, 0.2) is 0 Å². The van der Waals surface area contributed by atoms with Crippen molar-refractivity contribution in [1.82, 2.24) is 0 Å². The highest BCUT2D eigenvalue weighted by molar-refractivity contribution is 9.12. The van der Waals surface area contributed by atoms with Crippen LogP contribution in [0.5, 0.6) is 0 Å². The predicted molar refractivity (Wildman–Crippen MR) is 177 cm³/mol. The lowest BCUT2D eigenvalue weighted by Crippen LogP contribution is -2.10. The van der Waals surface area contributed by atoms with Crippen LogP contribution in [-0.4, -0.2) is 55.0 Å². The van der Waals surface area contributed by atoms with Gasteiger partial charge in [-0.2, -0.15) is 0 Å². The highest BCUT2D eigenvalue weighted by atomic mass is 33.4. The number of carbonyl (C=O) groups excluding carboxylic acids is 3. The highest BCUT2D eigenvalue weighted by Gasteiger charge is 2.19. The summed E-state index contributed by atoms with van der Waals surface area (Å²) < 4.78 is 16.2. The molecule has 0 amide bonds. The van der Waals surface area contributed by atoms with Crippen molar-refractivity contribution in [2.24, 2.45) is 0 Å². The Kier molecular flexibility index (Phi) is 31.7. The van der Waals surface area contributed by atoms with Gasteiger partial charge in [0.25, 0.3) is 0 Å². The standard InChI is InChI=1S/C30H57O6PS3/c1-4-7-10-13-16-19-22-34-28(31)25-38-37(39-26-29(32)35-23-20-17-14-11-8-5-2)40-27-30(33)36-24-21-18-15-12-9-6-3/h4-27H2,1-3H3. The summed E-state index contributed by atoms with van der Waals surface area (Å²) in [6, 6.07) is 0. The fourth-order valence-electron chi connectivity index (χ4n) is 3.76. The van der Waals surface area contributed by atoms with E-state index in [9.17, 15) is 14.4 Å². The predicted octanol–water partition coefficient (Wildman–Crippen LogP) is 10.1. The van der Waals surface area contributed by atoms with Gasteiger partial charge in [0, 0.05) is 0 Å². The van der Waals surface area contributed by atoms with Gasteiger partial charge in [0.1, 0.15) is 0 Å². The third-order valence-corrected chi connectivity index (χ3v) is 16.6. The van der Waals surface area contributed by atoms with Gasteiger partial charge in [0.05, 0.1) is 42.6 Å². The van der Waals surface area contributed by atoms with Gasteiger partial charge in [0.2, 0.25) is 0 Å². The molecule has 0 saturated carbocycles. The van der Waals surface area contributed by atoms with Crippen LogP contribution in [0.25, 0.3) is 0 Å². The minimum absolute atomic E-state index is 0.223. The molecule has 0 aromatic carbocycles. The average Bonchev–Trinajstić information content (AvgIpc) is 2.95. The maximum atomic E-state index is 12.3. The summed E-state index contributed by atoms with van der Waals surface area (Å²) in [5, 5.41) is 0. The normalized spacial score (nSPS) is 11.1. The van der Waals surface area contributed by atoms with E-state index in [4.69, 9.17) is 14.2 Å². The summed E-state index contributed by atoms with van der Waals surface area (Å²) in [5.41, 5.74) is -0.897. The van der Waals surface area contributed by atoms with Crippen LogP contribution >= 0.6 is 39.7 Å². The van der Waals surface area contributed by atoms with Crippen molar-refractivity contribution in [3.8, 4) is 0 Å². The molecule has 10 heteroatoms. The topological polar surface area (TPSA) is 78.9 Å². The number of rotatable bonds is 30. The average molecular weight is 641 g/mol. The summed E-state index contributed by atoms with van der Waals surface area (Å²) in [5.74, 6) is -0.0284. The number of ether oxygens (including phenoxy) is 3. The van der Waals surface area contributed by atoms with Gasteiger partial charge in [-0.05, 0) is 19.3 Å². The second kappa shape index (κ2) is 31.8. The molecule has 0 aromatic rings. The molecule has 0 spiro atoms. The monoisotopic (exact) mass is 640 g/mol. The maximum absolute atomic E-state index is 12.3. The van der Waals surface area contributed by atoms with Gasteiger partial charge in [-0.25, -0.2) is 0 Å². The molecule has 0 radical (unpaired) electrons. The van der Waals surface area contributed by atoms with E-state index >= 15 is 0 Å². The zero-order chi connectivity index (χ0) is 29.5. The minimum Gasteiger partial charge on any atom is -0.465 e. The van der Waals surface area contributed by atoms with Crippen LogP contribution in [-0.2, 0) is 28.6 Å². The molecule has 0 atom stereocenters. The molecule has 6 nitrogen and oxygen atoms in total. The minimum atomic E-state index is -0.897. The molecule has 40 heavy (non-hydrogen) atoms. The second-order valence-electron chi connectivity index (χ2n) is 10.0. The van der Waals surface area contributed by atoms with Crippen molar-refractivity contribution in [2.75, 3.05) is 37.1 Å². The second-order valence-corrected chi connectivity index (χ2v) is 19.8. The van der Waals surface area contributed by atoms with E-state index in [2.05, 4.69) is 20.8 Å². The van der Waals surface area contributed by atoms with Crippen molar-refractivity contribution >= 4 is 57.6 Å². The van der Waals surface area contributed by atoms with Gasteiger partial charge in [-0.15, -0.1) is 34.1 Å². The molecule has 0 aliphatic carbocycles. The first-order chi connectivity index (χ1) is 19.5. The lowest BCUT2D eigenvalue weighted by Gasteiger charge is -2.15. The smallest absolute Gasteiger partial charge is 0.316 e. The Morgan fingerprint density at radius 3 is 0.950 bits per heavy atom. The summed E-state index contributed by atoms with van der Waals surface area (Å²) in [7, 11) is 0. The fraction of sp³-hybridized carbons (Fsp3) is 0.900. The number of hydrogen-bond acceptors (Lipinski definition) is 9. The molecule has 0 fully saturated rings. The van der Waals surface area contributed by atoms with E-state index in [0.717, 1.165) is 38.5 Å². The molecule has 0 N–H and O–H groups in total. The van der Waals surface area contributed by atoms with Crippen molar-refractivity contribution in [3.63, 3.8) is 0 Å². The maximum Gasteiger partial charge on any atom is 0.316 e. The Balaban J connectivity index is 4.34. The first-order valence-corrected chi connectivity index (χ1v) is 21.8. The van der Waals surface area contributed by atoms with Gasteiger partial charge in [-0.3, -0.25) is 14.4 Å². The third-order valence-electron chi connectivity index (χ3n) is 6.15. The summed E-state index contributed by atoms with van der Waals surface area (Å²) in [4.78, 5) is 36.8. The molecule has 0 aliphatic heterocycles. The number of hydrogen-bond donors (Lipinski definition) is 0. The number of carbonyl (C=O) groups is 3. The Morgan fingerprint density at radius 2 is 0.675 bits per heavy atom. The Morgan fingerprint density at radius 1 is 0.425 bits per heavy atom. The van der Waals surface area contributed by atoms with Crippen molar-refractivity contribution in [2.45, 2.75) is 136 Å². The number of unbranched alkanes of at least 4 members (excludes halogenated alkanes) is 15. The first-order valence-electron chi connectivity index (χ1n) is 15.7. The molecule has 236 valence electrons. The van der Waals surface area contributed by atoms with Crippen LogP contribution in [0.3, 0.4) is 0 Å². The van der Waals surface area contributed by atoms with Gasteiger partial charge in [-0.1, -0.05) is 117 Å². The SMILES string of the molecule is CCCCCCCCOC(=O)CSP(SCC(=O)OCCCCCCCC)SCC(=O)OCCCCCCCC. The zero-order valence-corrected chi connectivity index (χ0v) is 28.9. The quantitative estimate of drug-likeness (QED) is 0.0330. The summed E-state index contributed by atoms with van der Waals surface area (Å²) >= 11 is 4.40. The molecule has 0 unspecified atom stereocenters. The fourth-order valence-corrected chi connectivity index (χ4v) is 12.3. The zero-order valence-electron chi connectivity index (χ0n) is 25.6. The highest BCUT2D eigenvalue weighted by Crippen LogP contribution is 2.70. The van der Waals surface area contributed by atoms with E-state index in [0.29, 0.717) is 19.8 Å². The molecular formula is C30H57O6PS3. The molecular weight excluding hydrogens is 583 g/mol. The van der Waals surface area contributed by atoms with Crippen LogP contribution in [0.1, 0.15) is 136 Å². The van der Waals surface area contributed by atoms with E-state index in [1.54, 1.807) is 0 Å². The molecule has 0 rings (SSSR count). The molecule has 0 saturated heterocycles. The van der Waals surface area contributed by atoms with E-state index in [1.165, 1.54) is 111 Å². The first kappa shape index (κ1) is 39.9. The van der Waals surface area contributed by atoms with Crippen molar-refractivity contribution < 1.29 is 28.6 Å². The van der Waals surface area contributed by atoms with E-state index in [1.807, 2.05) is 0 Å². The van der Waals surface area contributed by atoms with Crippen molar-refractivity contribution in [1.29, 1.82) is 0 Å². The molecule has 0 aliphatic rings. The van der Waals surface area contributed by atoms with Gasteiger partial charge >= 0.3 is 17.9 Å². The number of esters is 3. The molecule has 0 heterocycles. The van der Waals surface area contributed by atoms with Crippen LogP contribution in [0.2, 0.25) is 0 Å². The molecule has 0 bridgehead atoms. The Bertz CT molecular complexity index is 531. The van der Waals surface area contributed by atoms with Gasteiger partial charge < -0.3 is 14.2 Å². The molecule has 0 aromatic heterocycles.